The van der Waals surface area contributed by atoms with E-state index in [2.05, 4.69) is 34.1 Å². The lowest BCUT2D eigenvalue weighted by molar-refractivity contribution is 0.0187. The summed E-state index contributed by atoms with van der Waals surface area (Å²) < 4.78 is 16.9. The van der Waals surface area contributed by atoms with Gasteiger partial charge >= 0.3 is 18.2 Å². The van der Waals surface area contributed by atoms with Gasteiger partial charge in [0.25, 0.3) is 0 Å². The van der Waals surface area contributed by atoms with Crippen LogP contribution in [0.15, 0.2) is 40.9 Å². The third kappa shape index (κ3) is 7.03. The minimum Gasteiger partial charge on any atom is -0.465 e. The molecule has 0 atom stereocenters. The molecule has 0 unspecified atom stereocenters. The molecule has 232 valence electrons. The van der Waals surface area contributed by atoms with Gasteiger partial charge in [-0.05, 0) is 114 Å². The van der Waals surface area contributed by atoms with Crippen molar-refractivity contribution in [3.8, 4) is 0 Å². The molecule has 2 aliphatic carbocycles. The Morgan fingerprint density at radius 3 is 1.58 bits per heavy atom. The van der Waals surface area contributed by atoms with Crippen molar-refractivity contribution in [2.75, 3.05) is 20.2 Å². The van der Waals surface area contributed by atoms with Gasteiger partial charge in [-0.15, -0.1) is 0 Å². The highest BCUT2D eigenvalue weighted by atomic mass is 79.9. The highest BCUT2D eigenvalue weighted by Crippen LogP contribution is 2.53. The minimum atomic E-state index is -0.512. The molecule has 8 nitrogen and oxygen atoms in total. The number of methoxy groups -OCH3 is 1. The van der Waals surface area contributed by atoms with E-state index in [9.17, 15) is 14.4 Å². The third-order valence-electron chi connectivity index (χ3n) is 8.46. The number of hydrogen-bond acceptors (Lipinski definition) is 6. The molecule has 4 aliphatic rings. The van der Waals surface area contributed by atoms with E-state index in [1.807, 2.05) is 64.6 Å². The van der Waals surface area contributed by atoms with Crippen LogP contribution in [0.25, 0.3) is 0 Å². The molecule has 2 fully saturated rings. The normalized spacial score (nSPS) is 19.0. The van der Waals surface area contributed by atoms with E-state index in [1.165, 1.54) is 36.6 Å². The monoisotopic (exact) mass is 654 g/mol. The summed E-state index contributed by atoms with van der Waals surface area (Å²) in [6.07, 6.45) is 3.97. The zero-order chi connectivity index (χ0) is 31.4. The summed E-state index contributed by atoms with van der Waals surface area (Å²) in [5.74, 6) is -0.355. The Morgan fingerprint density at radius 1 is 0.721 bits per heavy atom. The first-order chi connectivity index (χ1) is 20.0. The lowest BCUT2D eigenvalue weighted by Gasteiger charge is -2.36. The van der Waals surface area contributed by atoms with Gasteiger partial charge in [0, 0.05) is 41.5 Å². The van der Waals surface area contributed by atoms with Crippen LogP contribution in [0.3, 0.4) is 0 Å². The van der Waals surface area contributed by atoms with Crippen molar-refractivity contribution in [3.05, 3.63) is 68.7 Å². The summed E-state index contributed by atoms with van der Waals surface area (Å²) in [6.45, 7) is 13.9. The molecule has 43 heavy (non-hydrogen) atoms. The number of halogens is 1. The van der Waals surface area contributed by atoms with Crippen LogP contribution in [-0.2, 0) is 38.1 Å². The summed E-state index contributed by atoms with van der Waals surface area (Å²) >= 11 is 3.52. The Kier molecular flexibility index (Phi) is 8.12. The molecule has 0 N–H and O–H groups in total. The molecule has 2 saturated carbocycles. The second-order valence-electron chi connectivity index (χ2n) is 14.4. The first-order valence-electron chi connectivity index (χ1n) is 15.0. The second kappa shape index (κ2) is 11.1. The highest BCUT2D eigenvalue weighted by Gasteiger charge is 2.51. The number of carbonyl (C=O) groups is 3. The quantitative estimate of drug-likeness (QED) is 0.234. The van der Waals surface area contributed by atoms with Gasteiger partial charge in [0.05, 0.1) is 12.7 Å². The van der Waals surface area contributed by atoms with Crippen molar-refractivity contribution in [2.45, 2.75) is 102 Å². The number of carbonyl (C=O) groups excluding carboxylic acids is 3. The summed E-state index contributed by atoms with van der Waals surface area (Å²) in [5, 5.41) is 0. The highest BCUT2D eigenvalue weighted by molar-refractivity contribution is 9.10. The van der Waals surface area contributed by atoms with Gasteiger partial charge in [0.2, 0.25) is 0 Å². The number of hydrogen-bond donors (Lipinski definition) is 0. The molecule has 6 rings (SSSR count). The van der Waals surface area contributed by atoms with E-state index < -0.39 is 11.2 Å². The Balaban J connectivity index is 0.000000173. The smallest absolute Gasteiger partial charge is 0.410 e. The number of nitrogens with zero attached hydrogens (tertiary/aromatic N) is 2. The molecule has 9 heteroatoms. The number of esters is 1. The molecule has 2 aromatic carbocycles. The predicted octanol–water partition coefficient (Wildman–Crippen LogP) is 7.49. The fourth-order valence-electron chi connectivity index (χ4n) is 6.19. The Hall–Kier alpha value is -3.07. The zero-order valence-corrected chi connectivity index (χ0v) is 27.9. The van der Waals surface area contributed by atoms with Gasteiger partial charge < -0.3 is 24.0 Å². The maximum atomic E-state index is 12.4. The van der Waals surface area contributed by atoms with Crippen LogP contribution in [0.1, 0.15) is 99.8 Å². The zero-order valence-electron chi connectivity index (χ0n) is 26.3. The lowest BCUT2D eigenvalue weighted by Crippen LogP contribution is -2.44. The number of amides is 2. The van der Waals surface area contributed by atoms with Gasteiger partial charge in [-0.2, -0.15) is 0 Å². The van der Waals surface area contributed by atoms with Crippen molar-refractivity contribution >= 4 is 34.1 Å². The maximum absolute atomic E-state index is 12.4. The van der Waals surface area contributed by atoms with Crippen LogP contribution < -0.4 is 0 Å². The fourth-order valence-corrected chi connectivity index (χ4v) is 6.60. The SMILES string of the molecule is CC(C)(C)OC(=O)N1Cc2cc(Br)ccc2C2(CC2)C1.COC(=O)c1ccc2c(c1)CN(C(=O)OC(C)(C)C)CC21CC1. The number of rotatable bonds is 1. The van der Waals surface area contributed by atoms with E-state index >= 15 is 0 Å². The van der Waals surface area contributed by atoms with Crippen molar-refractivity contribution in [1.82, 2.24) is 9.80 Å². The molecule has 2 heterocycles. The van der Waals surface area contributed by atoms with Gasteiger partial charge in [-0.1, -0.05) is 28.1 Å². The average molecular weight is 656 g/mol. The van der Waals surface area contributed by atoms with Crippen molar-refractivity contribution in [3.63, 3.8) is 0 Å². The Morgan fingerprint density at radius 2 is 1.16 bits per heavy atom. The van der Waals surface area contributed by atoms with Crippen LogP contribution in [0, 0.1) is 0 Å². The van der Waals surface area contributed by atoms with Crippen molar-refractivity contribution in [2.24, 2.45) is 0 Å². The molecule has 2 amide bonds. The number of fused-ring (bicyclic) bond motifs is 4. The predicted molar refractivity (Wildman–Crippen MR) is 167 cm³/mol. The van der Waals surface area contributed by atoms with Gasteiger partial charge in [-0.3, -0.25) is 0 Å². The van der Waals surface area contributed by atoms with Gasteiger partial charge in [0.1, 0.15) is 11.2 Å². The lowest BCUT2D eigenvalue weighted by atomic mass is 9.86. The summed E-state index contributed by atoms with van der Waals surface area (Å²) in [4.78, 5) is 40.1. The molecule has 0 aromatic heterocycles. The van der Waals surface area contributed by atoms with Crippen LogP contribution in [0.2, 0.25) is 0 Å². The first kappa shape index (κ1) is 31.4. The average Bonchev–Trinajstić information content (AvgIpc) is 3.84. The van der Waals surface area contributed by atoms with Crippen LogP contribution in [0.4, 0.5) is 9.59 Å². The first-order valence-corrected chi connectivity index (χ1v) is 15.8. The topological polar surface area (TPSA) is 85.4 Å². The van der Waals surface area contributed by atoms with Gasteiger partial charge in [0.15, 0.2) is 0 Å². The van der Waals surface area contributed by atoms with E-state index in [0.717, 1.165) is 29.4 Å². The Labute approximate surface area is 263 Å². The molecule has 2 aromatic rings. The standard InChI is InChI=1S/C18H23NO4.C16H20BrNO2/c1-17(2,3)23-16(21)19-10-13-9-12(15(20)22-4)5-6-14(13)18(11-19)7-8-18;1-15(2,3)20-14(19)18-9-11-8-12(17)4-5-13(11)16(10-18)6-7-16/h5-6,9H,7-8,10-11H2,1-4H3;4-5,8H,6-7,9-10H2,1-3H3. The van der Waals surface area contributed by atoms with Crippen LogP contribution in [-0.4, -0.2) is 59.4 Å². The van der Waals surface area contributed by atoms with Crippen LogP contribution in [0.5, 0.6) is 0 Å². The molecular weight excluding hydrogens is 612 g/mol. The van der Waals surface area contributed by atoms with Crippen LogP contribution >= 0.6 is 15.9 Å². The van der Waals surface area contributed by atoms with E-state index in [4.69, 9.17) is 14.2 Å². The van der Waals surface area contributed by atoms with E-state index in [-0.39, 0.29) is 29.0 Å². The fraction of sp³-hybridized carbons (Fsp3) is 0.559. The largest absolute Gasteiger partial charge is 0.465 e. The molecule has 2 aliphatic heterocycles. The van der Waals surface area contributed by atoms with E-state index in [0.29, 0.717) is 25.2 Å². The van der Waals surface area contributed by atoms with Gasteiger partial charge in [-0.25, -0.2) is 14.4 Å². The summed E-state index contributed by atoms with van der Waals surface area (Å²) in [6, 6.07) is 12.1. The maximum Gasteiger partial charge on any atom is 0.410 e. The number of benzene rings is 2. The molecular formula is C34H43BrN2O6. The molecule has 2 spiro atoms. The molecule has 0 bridgehead atoms. The summed E-state index contributed by atoms with van der Waals surface area (Å²) in [5.41, 5.74) is 4.73. The minimum absolute atomic E-state index is 0.0408. The van der Waals surface area contributed by atoms with Crippen molar-refractivity contribution in [1.29, 1.82) is 0 Å². The molecule has 0 radical (unpaired) electrons. The number of ether oxygens (including phenoxy) is 3. The second-order valence-corrected chi connectivity index (χ2v) is 15.3. The Bertz CT molecular complexity index is 1430. The summed E-state index contributed by atoms with van der Waals surface area (Å²) in [7, 11) is 1.37. The van der Waals surface area contributed by atoms with Crippen molar-refractivity contribution < 1.29 is 28.6 Å². The van der Waals surface area contributed by atoms with E-state index in [1.54, 1.807) is 4.90 Å². The molecule has 0 saturated heterocycles. The third-order valence-corrected chi connectivity index (χ3v) is 8.95.